The van der Waals surface area contributed by atoms with Crippen LogP contribution in [0.5, 0.6) is 0 Å². The Bertz CT molecular complexity index is 874. The van der Waals surface area contributed by atoms with Crippen LogP contribution in [0.2, 0.25) is 0 Å². The number of nitrogens with one attached hydrogen (secondary N) is 1. The average Bonchev–Trinajstić information content (AvgIpc) is 3.07. The number of anilines is 1. The smallest absolute Gasteiger partial charge is 0.237 e. The molecule has 2 aromatic carbocycles. The third-order valence-electron chi connectivity index (χ3n) is 3.85. The number of carbonyl (C=O) groups excluding carboxylic acids is 1. The summed E-state index contributed by atoms with van der Waals surface area (Å²) in [6, 6.07) is 16.1. The maximum Gasteiger partial charge on any atom is 0.237 e. The van der Waals surface area contributed by atoms with Crippen molar-refractivity contribution in [2.45, 2.75) is 30.4 Å². The van der Waals surface area contributed by atoms with E-state index in [0.717, 1.165) is 32.4 Å². The molecule has 1 atom stereocenters. The Labute approximate surface area is 156 Å². The minimum absolute atomic E-state index is 0.00448. The van der Waals surface area contributed by atoms with Crippen molar-refractivity contribution in [2.24, 2.45) is 0 Å². The Hall–Kier alpha value is -2.11. The first-order chi connectivity index (χ1) is 12.0. The van der Waals surface area contributed by atoms with Gasteiger partial charge in [0.1, 0.15) is 0 Å². The lowest BCUT2D eigenvalue weighted by atomic mass is 10.1. The molecular weight excluding hydrogens is 348 g/mol. The van der Waals surface area contributed by atoms with Crippen molar-refractivity contribution in [2.75, 3.05) is 5.32 Å². The van der Waals surface area contributed by atoms with Crippen LogP contribution in [0, 0.1) is 13.8 Å². The number of benzene rings is 2. The van der Waals surface area contributed by atoms with E-state index in [-0.39, 0.29) is 11.2 Å². The summed E-state index contributed by atoms with van der Waals surface area (Å²) in [6.45, 7) is 5.93. The third-order valence-corrected chi connectivity index (χ3v) is 5.92. The molecule has 1 N–H and O–H groups in total. The van der Waals surface area contributed by atoms with Crippen LogP contribution in [0.15, 0.2) is 58.3 Å². The maximum absolute atomic E-state index is 12.5. The van der Waals surface area contributed by atoms with Gasteiger partial charge in [0.2, 0.25) is 5.91 Å². The van der Waals surface area contributed by atoms with E-state index in [1.165, 1.54) is 11.8 Å². The molecule has 0 fully saturated rings. The quantitative estimate of drug-likeness (QED) is 0.601. The van der Waals surface area contributed by atoms with Crippen LogP contribution in [0.3, 0.4) is 0 Å². The summed E-state index contributed by atoms with van der Waals surface area (Å²) >= 11 is 3.07. The fourth-order valence-electron chi connectivity index (χ4n) is 2.36. The summed E-state index contributed by atoms with van der Waals surface area (Å²) in [5.74, 6) is -0.00448. The first-order valence-corrected chi connectivity index (χ1v) is 9.84. The van der Waals surface area contributed by atoms with Gasteiger partial charge in [-0.15, -0.1) is 11.3 Å². The Morgan fingerprint density at radius 1 is 1.16 bits per heavy atom. The van der Waals surface area contributed by atoms with E-state index in [1.54, 1.807) is 11.3 Å². The molecule has 1 amide bonds. The number of carbonyl (C=O) groups is 1. The van der Waals surface area contributed by atoms with E-state index in [4.69, 9.17) is 0 Å². The molecule has 0 radical (unpaired) electrons. The van der Waals surface area contributed by atoms with Gasteiger partial charge in [0.05, 0.1) is 10.9 Å². The molecule has 3 rings (SSSR count). The minimum Gasteiger partial charge on any atom is -0.325 e. The van der Waals surface area contributed by atoms with Gasteiger partial charge in [0, 0.05) is 16.6 Å². The standard InChI is InChI=1S/C20H20N2OS2/c1-13-9-10-14(2)17(11-13)21-19(23)15(3)25-20-22-18(12-24-20)16-7-5-4-6-8-16/h4-12,15H,1-3H3,(H,21,23). The number of aryl methyl sites for hydroxylation is 2. The van der Waals surface area contributed by atoms with Gasteiger partial charge in [-0.05, 0) is 38.0 Å². The predicted octanol–water partition coefficient (Wildman–Crippen LogP) is 5.55. The number of thioether (sulfide) groups is 1. The van der Waals surface area contributed by atoms with Crippen molar-refractivity contribution < 1.29 is 4.79 Å². The van der Waals surface area contributed by atoms with Gasteiger partial charge in [0.15, 0.2) is 4.34 Å². The highest BCUT2D eigenvalue weighted by molar-refractivity contribution is 8.02. The van der Waals surface area contributed by atoms with Crippen molar-refractivity contribution in [3.8, 4) is 11.3 Å². The van der Waals surface area contributed by atoms with E-state index in [0.29, 0.717) is 0 Å². The summed E-state index contributed by atoms with van der Waals surface area (Å²) in [5.41, 5.74) is 5.13. The van der Waals surface area contributed by atoms with E-state index < -0.39 is 0 Å². The van der Waals surface area contributed by atoms with E-state index in [2.05, 4.69) is 10.3 Å². The van der Waals surface area contributed by atoms with Crippen molar-refractivity contribution in [3.05, 3.63) is 65.0 Å². The monoisotopic (exact) mass is 368 g/mol. The highest BCUT2D eigenvalue weighted by Crippen LogP contribution is 2.31. The first-order valence-electron chi connectivity index (χ1n) is 8.08. The number of hydrogen-bond donors (Lipinski definition) is 1. The van der Waals surface area contributed by atoms with Crippen LogP contribution < -0.4 is 5.32 Å². The molecule has 1 aromatic heterocycles. The zero-order valence-corrected chi connectivity index (χ0v) is 16.1. The molecule has 25 heavy (non-hydrogen) atoms. The van der Waals surface area contributed by atoms with Gasteiger partial charge in [-0.3, -0.25) is 4.79 Å². The van der Waals surface area contributed by atoms with Crippen molar-refractivity contribution in [1.82, 2.24) is 4.98 Å². The molecule has 5 heteroatoms. The summed E-state index contributed by atoms with van der Waals surface area (Å²) in [5, 5.41) is 4.85. The molecular formula is C20H20N2OS2. The lowest BCUT2D eigenvalue weighted by molar-refractivity contribution is -0.115. The second-order valence-corrected chi connectivity index (χ2v) is 8.38. The second-order valence-electron chi connectivity index (χ2n) is 5.93. The molecule has 1 unspecified atom stereocenters. The molecule has 0 aliphatic heterocycles. The fraction of sp³-hybridized carbons (Fsp3) is 0.200. The molecule has 0 spiro atoms. The number of amides is 1. The number of rotatable bonds is 5. The van der Waals surface area contributed by atoms with Crippen LogP contribution in [-0.4, -0.2) is 16.1 Å². The minimum atomic E-state index is -0.213. The zero-order chi connectivity index (χ0) is 17.8. The van der Waals surface area contributed by atoms with E-state index >= 15 is 0 Å². The van der Waals surface area contributed by atoms with Gasteiger partial charge in [-0.2, -0.15) is 0 Å². The molecule has 3 nitrogen and oxygen atoms in total. The molecule has 0 aliphatic carbocycles. The Morgan fingerprint density at radius 3 is 2.68 bits per heavy atom. The SMILES string of the molecule is Cc1ccc(C)c(NC(=O)C(C)Sc2nc(-c3ccccc3)cs2)c1. The summed E-state index contributed by atoms with van der Waals surface area (Å²) < 4.78 is 0.905. The van der Waals surface area contributed by atoms with Crippen LogP contribution in [0.4, 0.5) is 5.69 Å². The third kappa shape index (κ3) is 4.50. The van der Waals surface area contributed by atoms with Gasteiger partial charge in [0.25, 0.3) is 0 Å². The van der Waals surface area contributed by atoms with Gasteiger partial charge < -0.3 is 5.32 Å². The van der Waals surface area contributed by atoms with Gasteiger partial charge >= 0.3 is 0 Å². The van der Waals surface area contributed by atoms with Crippen molar-refractivity contribution in [3.63, 3.8) is 0 Å². The summed E-state index contributed by atoms with van der Waals surface area (Å²) in [6.07, 6.45) is 0. The maximum atomic E-state index is 12.5. The lowest BCUT2D eigenvalue weighted by Crippen LogP contribution is -2.22. The van der Waals surface area contributed by atoms with Crippen LogP contribution >= 0.6 is 23.1 Å². The average molecular weight is 369 g/mol. The number of hydrogen-bond acceptors (Lipinski definition) is 4. The van der Waals surface area contributed by atoms with E-state index in [1.807, 2.05) is 74.7 Å². The first kappa shape index (κ1) is 17.7. The van der Waals surface area contributed by atoms with Crippen LogP contribution in [0.1, 0.15) is 18.1 Å². The molecule has 3 aromatic rings. The zero-order valence-electron chi connectivity index (χ0n) is 14.4. The number of thiazole rings is 1. The molecule has 0 saturated heterocycles. The summed E-state index contributed by atoms with van der Waals surface area (Å²) in [7, 11) is 0. The second kappa shape index (κ2) is 7.85. The highest BCUT2D eigenvalue weighted by atomic mass is 32.2. The predicted molar refractivity (Wildman–Crippen MR) is 107 cm³/mol. The highest BCUT2D eigenvalue weighted by Gasteiger charge is 2.17. The largest absolute Gasteiger partial charge is 0.325 e. The Kier molecular flexibility index (Phi) is 5.56. The van der Waals surface area contributed by atoms with Crippen LogP contribution in [0.25, 0.3) is 11.3 Å². The van der Waals surface area contributed by atoms with E-state index in [9.17, 15) is 4.79 Å². The summed E-state index contributed by atoms with van der Waals surface area (Å²) in [4.78, 5) is 17.1. The molecule has 128 valence electrons. The van der Waals surface area contributed by atoms with Crippen LogP contribution in [-0.2, 0) is 4.79 Å². The normalized spacial score (nSPS) is 12.0. The van der Waals surface area contributed by atoms with Gasteiger partial charge in [-0.1, -0.05) is 54.2 Å². The fourth-order valence-corrected chi connectivity index (χ4v) is 4.33. The Balaban J connectivity index is 1.66. The number of aromatic nitrogens is 1. The van der Waals surface area contributed by atoms with Gasteiger partial charge in [-0.25, -0.2) is 4.98 Å². The lowest BCUT2D eigenvalue weighted by Gasteiger charge is -2.13. The number of nitrogens with zero attached hydrogens (tertiary/aromatic N) is 1. The topological polar surface area (TPSA) is 42.0 Å². The van der Waals surface area contributed by atoms with Crippen molar-refractivity contribution >= 4 is 34.7 Å². The van der Waals surface area contributed by atoms with Crippen molar-refractivity contribution in [1.29, 1.82) is 0 Å². The molecule has 0 saturated carbocycles. The molecule has 0 bridgehead atoms. The molecule has 1 heterocycles. The Morgan fingerprint density at radius 2 is 1.92 bits per heavy atom. The molecule has 0 aliphatic rings.